The molecule has 0 aromatic heterocycles. The first-order valence-electron chi connectivity index (χ1n) is 9.22. The Balaban J connectivity index is 1.62. The van der Waals surface area contributed by atoms with E-state index in [2.05, 4.69) is 4.99 Å². The lowest BCUT2D eigenvalue weighted by atomic mass is 10.2. The highest BCUT2D eigenvalue weighted by Gasteiger charge is 2.49. The molecule has 1 N–H and O–H groups in total. The van der Waals surface area contributed by atoms with Crippen molar-refractivity contribution in [2.75, 3.05) is 29.6 Å². The van der Waals surface area contributed by atoms with Gasteiger partial charge in [-0.1, -0.05) is 11.8 Å². The summed E-state index contributed by atoms with van der Waals surface area (Å²) in [6, 6.07) is 5.01. The monoisotopic (exact) mass is 440 g/mol. The van der Waals surface area contributed by atoms with Gasteiger partial charge in [-0.2, -0.15) is 4.99 Å². The van der Waals surface area contributed by atoms with E-state index in [-0.39, 0.29) is 42.1 Å². The van der Waals surface area contributed by atoms with Crippen LogP contribution in [0.5, 0.6) is 11.5 Å². The average molecular weight is 440 g/mol. The lowest BCUT2D eigenvalue weighted by molar-refractivity contribution is -0.137. The summed E-state index contributed by atoms with van der Waals surface area (Å²) in [6.07, 6.45) is 0.138. The van der Waals surface area contributed by atoms with E-state index < -0.39 is 21.7 Å². The van der Waals surface area contributed by atoms with Crippen molar-refractivity contribution < 1.29 is 32.6 Å². The molecule has 1 aromatic carbocycles. The van der Waals surface area contributed by atoms with E-state index in [1.807, 2.05) is 0 Å². The fraction of sp³-hybridized carbons (Fsp3) is 0.500. The Morgan fingerprint density at radius 2 is 1.93 bits per heavy atom. The molecule has 9 nitrogen and oxygen atoms in total. The minimum absolute atomic E-state index is 0.00860. The number of carboxylic acid groups (broad SMARTS) is 1. The number of thioether (sulfide) groups is 1. The third-order valence-electron chi connectivity index (χ3n) is 4.87. The molecule has 1 aromatic rings. The topological polar surface area (TPSA) is 123 Å². The van der Waals surface area contributed by atoms with Crippen LogP contribution in [0, 0.1) is 0 Å². The first-order valence-corrected chi connectivity index (χ1v) is 11.9. The van der Waals surface area contributed by atoms with Crippen molar-refractivity contribution in [1.82, 2.24) is 0 Å². The molecule has 156 valence electrons. The summed E-state index contributed by atoms with van der Waals surface area (Å²) < 4.78 is 35.4. The molecule has 3 aliphatic rings. The first-order chi connectivity index (χ1) is 13.8. The van der Waals surface area contributed by atoms with Gasteiger partial charge in [-0.25, -0.2) is 8.42 Å². The largest absolute Gasteiger partial charge is 0.486 e. The number of anilines is 1. The Bertz CT molecular complexity index is 976. The molecule has 0 bridgehead atoms. The normalized spacial score (nSPS) is 25.8. The van der Waals surface area contributed by atoms with Gasteiger partial charge in [-0.05, 0) is 18.6 Å². The van der Waals surface area contributed by atoms with Crippen LogP contribution >= 0.6 is 11.8 Å². The molecule has 2 saturated heterocycles. The number of carbonyl (C=O) groups is 2. The number of carboxylic acids is 1. The van der Waals surface area contributed by atoms with Crippen LogP contribution in [0.1, 0.15) is 19.3 Å². The van der Waals surface area contributed by atoms with Crippen LogP contribution < -0.4 is 14.4 Å². The van der Waals surface area contributed by atoms with Crippen LogP contribution in [-0.2, 0) is 19.4 Å². The number of aliphatic imine (C=N–C) groups is 1. The number of aliphatic carboxylic acids is 1. The Kier molecular flexibility index (Phi) is 5.43. The molecule has 11 heteroatoms. The minimum atomic E-state index is -3.16. The average Bonchev–Trinajstić information content (AvgIpc) is 3.11. The van der Waals surface area contributed by atoms with Gasteiger partial charge in [0.2, 0.25) is 5.91 Å². The van der Waals surface area contributed by atoms with Crippen molar-refractivity contribution in [3.63, 3.8) is 0 Å². The zero-order chi connectivity index (χ0) is 20.6. The summed E-state index contributed by atoms with van der Waals surface area (Å²) in [5.41, 5.74) is 0.684. The second-order valence-corrected chi connectivity index (χ2v) is 10.4. The van der Waals surface area contributed by atoms with Crippen molar-refractivity contribution in [2.24, 2.45) is 4.99 Å². The van der Waals surface area contributed by atoms with Crippen molar-refractivity contribution in [3.05, 3.63) is 18.2 Å². The maximum absolute atomic E-state index is 12.3. The molecule has 2 fully saturated rings. The summed E-state index contributed by atoms with van der Waals surface area (Å²) in [5.74, 6) is -0.167. The molecule has 1 amide bonds. The van der Waals surface area contributed by atoms with Crippen LogP contribution in [0.4, 0.5) is 5.69 Å². The molecule has 3 heterocycles. The number of carbonyl (C=O) groups excluding carboxylic acids is 1. The van der Waals surface area contributed by atoms with Gasteiger partial charge in [0.25, 0.3) is 0 Å². The highest BCUT2D eigenvalue weighted by atomic mass is 32.2. The molecular weight excluding hydrogens is 420 g/mol. The summed E-state index contributed by atoms with van der Waals surface area (Å²) >= 11 is 1.28. The van der Waals surface area contributed by atoms with E-state index >= 15 is 0 Å². The number of fused-ring (bicyclic) bond motifs is 2. The number of rotatable bonds is 5. The molecular formula is C18H20N2O7S2. The lowest BCUT2D eigenvalue weighted by Gasteiger charge is -2.26. The van der Waals surface area contributed by atoms with E-state index in [1.54, 1.807) is 23.1 Å². The van der Waals surface area contributed by atoms with Crippen molar-refractivity contribution in [2.45, 2.75) is 30.6 Å². The number of hydrogen-bond donors (Lipinski definition) is 1. The molecule has 0 radical (unpaired) electrons. The van der Waals surface area contributed by atoms with Gasteiger partial charge < -0.3 is 19.5 Å². The Morgan fingerprint density at radius 3 is 2.69 bits per heavy atom. The molecule has 4 rings (SSSR count). The Morgan fingerprint density at radius 1 is 1.17 bits per heavy atom. The van der Waals surface area contributed by atoms with Crippen LogP contribution in [0.2, 0.25) is 0 Å². The van der Waals surface area contributed by atoms with E-state index in [1.165, 1.54) is 11.8 Å². The van der Waals surface area contributed by atoms with Crippen LogP contribution in [0.15, 0.2) is 23.2 Å². The molecule has 29 heavy (non-hydrogen) atoms. The SMILES string of the molecule is O=C(O)CCCC(=O)N=C1S[C@H]2CS(=O)(=O)C[C@H]2N1c1ccc2c(c1)OCCO2. The number of amides is 1. The second-order valence-electron chi connectivity index (χ2n) is 7.03. The summed E-state index contributed by atoms with van der Waals surface area (Å²) in [6.45, 7) is 0.890. The smallest absolute Gasteiger partial charge is 0.303 e. The van der Waals surface area contributed by atoms with E-state index in [0.717, 1.165) is 0 Å². The summed E-state index contributed by atoms with van der Waals surface area (Å²) in [5, 5.41) is 8.95. The maximum atomic E-state index is 12.3. The van der Waals surface area contributed by atoms with Gasteiger partial charge in [-0.15, -0.1) is 0 Å². The molecule has 0 saturated carbocycles. The van der Waals surface area contributed by atoms with Gasteiger partial charge in [-0.3, -0.25) is 9.59 Å². The van der Waals surface area contributed by atoms with Gasteiger partial charge in [0, 0.05) is 29.8 Å². The third kappa shape index (κ3) is 4.35. The molecule has 3 aliphatic heterocycles. The third-order valence-corrected chi connectivity index (χ3v) is 8.08. The van der Waals surface area contributed by atoms with Gasteiger partial charge in [0.05, 0.1) is 17.5 Å². The highest BCUT2D eigenvalue weighted by Crippen LogP contribution is 2.43. The van der Waals surface area contributed by atoms with E-state index in [4.69, 9.17) is 14.6 Å². The van der Waals surface area contributed by atoms with Crippen LogP contribution in [-0.4, -0.2) is 66.6 Å². The van der Waals surface area contributed by atoms with Gasteiger partial charge in [0.15, 0.2) is 26.5 Å². The van der Waals surface area contributed by atoms with Crippen LogP contribution in [0.3, 0.4) is 0 Å². The maximum Gasteiger partial charge on any atom is 0.303 e. The standard InChI is InChI=1S/C18H20N2O7S2/c21-16(2-1-3-17(22)23)19-18-20(12-9-29(24,25)10-15(12)28-18)11-4-5-13-14(8-11)27-7-6-26-13/h4-5,8,12,15H,1-3,6-7,9-10H2,(H,22,23)/t12-,15+/m1/s1. The van der Waals surface area contributed by atoms with Gasteiger partial charge in [0.1, 0.15) is 13.2 Å². The highest BCUT2D eigenvalue weighted by molar-refractivity contribution is 8.16. The Labute approximate surface area is 172 Å². The van der Waals surface area contributed by atoms with Crippen LogP contribution in [0.25, 0.3) is 0 Å². The zero-order valence-electron chi connectivity index (χ0n) is 15.4. The molecule has 0 spiro atoms. The number of nitrogens with zero attached hydrogens (tertiary/aromatic N) is 2. The number of benzene rings is 1. The number of ether oxygens (including phenoxy) is 2. The number of amidine groups is 1. The Hall–Kier alpha value is -2.27. The number of sulfone groups is 1. The van der Waals surface area contributed by atoms with Gasteiger partial charge >= 0.3 is 5.97 Å². The van der Waals surface area contributed by atoms with E-state index in [0.29, 0.717) is 35.6 Å². The summed E-state index contributed by atoms with van der Waals surface area (Å²) in [4.78, 5) is 28.9. The van der Waals surface area contributed by atoms with Crippen molar-refractivity contribution in [1.29, 1.82) is 0 Å². The molecule has 0 aliphatic carbocycles. The lowest BCUT2D eigenvalue weighted by Crippen LogP contribution is -2.37. The minimum Gasteiger partial charge on any atom is -0.486 e. The van der Waals surface area contributed by atoms with Crippen molar-refractivity contribution in [3.8, 4) is 11.5 Å². The first kappa shape index (κ1) is 20.0. The molecule has 2 atom stereocenters. The second kappa shape index (κ2) is 7.86. The fourth-order valence-electron chi connectivity index (χ4n) is 3.60. The zero-order valence-corrected chi connectivity index (χ0v) is 17.1. The predicted molar refractivity (Wildman–Crippen MR) is 108 cm³/mol. The predicted octanol–water partition coefficient (Wildman–Crippen LogP) is 1.31. The van der Waals surface area contributed by atoms with E-state index in [9.17, 15) is 18.0 Å². The molecule has 0 unspecified atom stereocenters. The number of hydrogen-bond acceptors (Lipinski definition) is 7. The van der Waals surface area contributed by atoms with Crippen molar-refractivity contribution >= 4 is 44.3 Å². The summed E-state index contributed by atoms with van der Waals surface area (Å²) in [7, 11) is -3.16. The fourth-order valence-corrected chi connectivity index (χ4v) is 7.53. The quantitative estimate of drug-likeness (QED) is 0.722.